The van der Waals surface area contributed by atoms with Gasteiger partial charge in [-0.25, -0.2) is 13.8 Å². The van der Waals surface area contributed by atoms with Crippen LogP contribution in [0, 0.1) is 11.6 Å². The lowest BCUT2D eigenvalue weighted by Crippen LogP contribution is -2.50. The van der Waals surface area contributed by atoms with Gasteiger partial charge in [0.15, 0.2) is 11.6 Å². The molecule has 0 radical (unpaired) electrons. The first-order valence-electron chi connectivity index (χ1n) is 7.11. The van der Waals surface area contributed by atoms with E-state index in [1.54, 1.807) is 21.9 Å². The minimum Gasteiger partial charge on any atom is -0.343 e. The fourth-order valence-electron chi connectivity index (χ4n) is 2.51. The molecule has 1 saturated heterocycles. The summed E-state index contributed by atoms with van der Waals surface area (Å²) in [5.74, 6) is -0.687. The second kappa shape index (κ2) is 6.62. The van der Waals surface area contributed by atoms with Crippen molar-refractivity contribution >= 4 is 27.7 Å². The van der Waals surface area contributed by atoms with Gasteiger partial charge in [-0.3, -0.25) is 4.79 Å². The molecule has 0 saturated carbocycles. The Labute approximate surface area is 140 Å². The van der Waals surface area contributed by atoms with Crippen molar-refractivity contribution in [3.8, 4) is 0 Å². The number of hydrogen-bond acceptors (Lipinski definition) is 3. The maximum absolute atomic E-state index is 13.9. The molecule has 120 valence electrons. The van der Waals surface area contributed by atoms with Gasteiger partial charge < -0.3 is 9.80 Å². The van der Waals surface area contributed by atoms with E-state index in [1.165, 1.54) is 24.4 Å². The predicted octanol–water partition coefficient (Wildman–Crippen LogP) is 2.97. The Morgan fingerprint density at radius 3 is 2.57 bits per heavy atom. The molecule has 1 aliphatic heterocycles. The molecule has 3 rings (SSSR count). The van der Waals surface area contributed by atoms with Crippen molar-refractivity contribution in [2.24, 2.45) is 0 Å². The van der Waals surface area contributed by atoms with Gasteiger partial charge in [0.1, 0.15) is 5.82 Å². The molecule has 0 atom stereocenters. The molecule has 1 aliphatic rings. The van der Waals surface area contributed by atoms with Crippen molar-refractivity contribution in [2.75, 3.05) is 24.5 Å². The molecule has 2 aromatic rings. The molecule has 1 aromatic carbocycles. The zero-order chi connectivity index (χ0) is 16.4. The number of piperazine rings is 1. The van der Waals surface area contributed by atoms with Crippen LogP contribution >= 0.6 is 15.9 Å². The standard InChI is InChI=1S/C16H14BrF2N3O/c17-12-7-14(19)16(20-8-12)22-6-5-21(15(23)10-22)9-11-1-3-13(18)4-2-11/h1-4,7-8H,5-6,9-10H2. The molecule has 0 spiro atoms. The number of aromatic nitrogens is 1. The summed E-state index contributed by atoms with van der Waals surface area (Å²) in [6, 6.07) is 7.39. The lowest BCUT2D eigenvalue weighted by molar-refractivity contribution is -0.131. The molecule has 2 heterocycles. The van der Waals surface area contributed by atoms with Crippen molar-refractivity contribution in [2.45, 2.75) is 6.54 Å². The van der Waals surface area contributed by atoms with Gasteiger partial charge in [-0.15, -0.1) is 0 Å². The van der Waals surface area contributed by atoms with E-state index in [0.29, 0.717) is 24.1 Å². The van der Waals surface area contributed by atoms with Gasteiger partial charge in [0.2, 0.25) is 5.91 Å². The molecule has 1 aromatic heterocycles. The molecule has 23 heavy (non-hydrogen) atoms. The number of halogens is 3. The summed E-state index contributed by atoms with van der Waals surface area (Å²) in [4.78, 5) is 19.6. The molecule has 0 aliphatic carbocycles. The summed E-state index contributed by atoms with van der Waals surface area (Å²) in [6.07, 6.45) is 1.51. The third kappa shape index (κ3) is 3.67. The van der Waals surface area contributed by atoms with Crippen LogP contribution in [0.5, 0.6) is 0 Å². The van der Waals surface area contributed by atoms with Crippen molar-refractivity contribution in [1.29, 1.82) is 0 Å². The lowest BCUT2D eigenvalue weighted by Gasteiger charge is -2.35. The number of pyridine rings is 1. The number of hydrogen-bond donors (Lipinski definition) is 0. The molecule has 0 N–H and O–H groups in total. The van der Waals surface area contributed by atoms with Crippen LogP contribution in [0.15, 0.2) is 41.0 Å². The molecular formula is C16H14BrF2N3O. The van der Waals surface area contributed by atoms with Gasteiger partial charge in [-0.2, -0.15) is 0 Å². The maximum Gasteiger partial charge on any atom is 0.242 e. The highest BCUT2D eigenvalue weighted by atomic mass is 79.9. The zero-order valence-corrected chi connectivity index (χ0v) is 13.8. The van der Waals surface area contributed by atoms with E-state index in [2.05, 4.69) is 20.9 Å². The number of rotatable bonds is 3. The molecule has 0 unspecified atom stereocenters. The van der Waals surface area contributed by atoms with Crippen LogP contribution < -0.4 is 4.90 Å². The first kappa shape index (κ1) is 15.9. The van der Waals surface area contributed by atoms with Crippen LogP contribution in [0.1, 0.15) is 5.56 Å². The summed E-state index contributed by atoms with van der Waals surface area (Å²) in [7, 11) is 0. The minimum atomic E-state index is -0.459. The largest absolute Gasteiger partial charge is 0.343 e. The van der Waals surface area contributed by atoms with Crippen molar-refractivity contribution < 1.29 is 13.6 Å². The normalized spacial score (nSPS) is 15.2. The first-order chi connectivity index (χ1) is 11.0. The van der Waals surface area contributed by atoms with E-state index in [1.807, 2.05) is 0 Å². The van der Waals surface area contributed by atoms with Gasteiger partial charge in [0.05, 0.1) is 6.54 Å². The van der Waals surface area contributed by atoms with Crippen molar-refractivity contribution in [1.82, 2.24) is 9.88 Å². The van der Waals surface area contributed by atoms with E-state index >= 15 is 0 Å². The molecule has 1 amide bonds. The smallest absolute Gasteiger partial charge is 0.242 e. The van der Waals surface area contributed by atoms with Crippen molar-refractivity contribution in [3.05, 3.63) is 58.2 Å². The highest BCUT2D eigenvalue weighted by Gasteiger charge is 2.26. The van der Waals surface area contributed by atoms with Crippen LogP contribution in [0.2, 0.25) is 0 Å². The van der Waals surface area contributed by atoms with E-state index < -0.39 is 5.82 Å². The first-order valence-corrected chi connectivity index (χ1v) is 7.90. The number of benzene rings is 1. The Balaban J connectivity index is 1.67. The zero-order valence-electron chi connectivity index (χ0n) is 12.2. The molecule has 1 fully saturated rings. The Kier molecular flexibility index (Phi) is 4.56. The van der Waals surface area contributed by atoms with Crippen LogP contribution in [0.25, 0.3) is 0 Å². The second-order valence-electron chi connectivity index (χ2n) is 5.32. The van der Waals surface area contributed by atoms with Gasteiger partial charge in [0.25, 0.3) is 0 Å². The highest BCUT2D eigenvalue weighted by Crippen LogP contribution is 2.22. The summed E-state index contributed by atoms with van der Waals surface area (Å²) in [6.45, 7) is 1.46. The summed E-state index contributed by atoms with van der Waals surface area (Å²) in [5, 5.41) is 0. The minimum absolute atomic E-state index is 0.0761. The summed E-state index contributed by atoms with van der Waals surface area (Å²) in [5.41, 5.74) is 0.862. The topological polar surface area (TPSA) is 36.4 Å². The Morgan fingerprint density at radius 1 is 1.17 bits per heavy atom. The average molecular weight is 382 g/mol. The van der Waals surface area contributed by atoms with E-state index in [4.69, 9.17) is 0 Å². The number of amides is 1. The third-order valence-electron chi connectivity index (χ3n) is 3.69. The number of carbonyl (C=O) groups excluding carboxylic acids is 1. The number of anilines is 1. The molecule has 7 heteroatoms. The van der Waals surface area contributed by atoms with Gasteiger partial charge >= 0.3 is 0 Å². The Morgan fingerprint density at radius 2 is 1.91 bits per heavy atom. The number of nitrogens with zero attached hydrogens (tertiary/aromatic N) is 3. The average Bonchev–Trinajstić information content (AvgIpc) is 2.51. The lowest BCUT2D eigenvalue weighted by atomic mass is 10.2. The second-order valence-corrected chi connectivity index (χ2v) is 6.24. The molecule has 0 bridgehead atoms. The predicted molar refractivity (Wildman–Crippen MR) is 85.9 cm³/mol. The Bertz CT molecular complexity index is 724. The SMILES string of the molecule is O=C1CN(c2ncc(Br)cc2F)CCN1Cc1ccc(F)cc1. The van der Waals surface area contributed by atoms with Crippen molar-refractivity contribution in [3.63, 3.8) is 0 Å². The fourth-order valence-corrected chi connectivity index (χ4v) is 2.81. The van der Waals surface area contributed by atoms with Gasteiger partial charge in [0, 0.05) is 30.3 Å². The Hall–Kier alpha value is -2.02. The van der Waals surface area contributed by atoms with Crippen LogP contribution in [-0.2, 0) is 11.3 Å². The van der Waals surface area contributed by atoms with E-state index in [-0.39, 0.29) is 24.1 Å². The van der Waals surface area contributed by atoms with Crippen LogP contribution in [0.4, 0.5) is 14.6 Å². The fraction of sp³-hybridized carbons (Fsp3) is 0.250. The van der Waals surface area contributed by atoms with E-state index in [9.17, 15) is 13.6 Å². The summed E-state index contributed by atoms with van der Waals surface area (Å²) >= 11 is 3.16. The third-order valence-corrected chi connectivity index (χ3v) is 4.13. The summed E-state index contributed by atoms with van der Waals surface area (Å²) < 4.78 is 27.4. The van der Waals surface area contributed by atoms with E-state index in [0.717, 1.165) is 5.56 Å². The van der Waals surface area contributed by atoms with Gasteiger partial charge in [-0.1, -0.05) is 12.1 Å². The van der Waals surface area contributed by atoms with Crippen LogP contribution in [-0.4, -0.2) is 35.4 Å². The maximum atomic E-state index is 13.9. The number of carbonyl (C=O) groups is 1. The van der Waals surface area contributed by atoms with Crippen LogP contribution in [0.3, 0.4) is 0 Å². The van der Waals surface area contributed by atoms with Gasteiger partial charge in [-0.05, 0) is 39.7 Å². The highest BCUT2D eigenvalue weighted by molar-refractivity contribution is 9.10. The molecular weight excluding hydrogens is 368 g/mol. The quantitative estimate of drug-likeness (QED) is 0.819. The molecule has 4 nitrogen and oxygen atoms in total. The monoisotopic (exact) mass is 381 g/mol.